The van der Waals surface area contributed by atoms with E-state index in [0.29, 0.717) is 17.9 Å². The summed E-state index contributed by atoms with van der Waals surface area (Å²) in [5.41, 5.74) is 1.76. The van der Waals surface area contributed by atoms with E-state index in [-0.39, 0.29) is 10.8 Å². The molecular weight excluding hydrogens is 371 g/mol. The maximum absolute atomic E-state index is 14.7. The summed E-state index contributed by atoms with van der Waals surface area (Å²) in [7, 11) is 0. The maximum Gasteiger partial charge on any atom is 0.153 e. The molecule has 1 fully saturated rings. The summed E-state index contributed by atoms with van der Waals surface area (Å²) in [5.74, 6) is 2.81. The molecule has 1 unspecified atom stereocenters. The van der Waals surface area contributed by atoms with Crippen LogP contribution in [0.4, 0.5) is 4.39 Å². The summed E-state index contributed by atoms with van der Waals surface area (Å²) in [4.78, 5) is 0. The Kier molecular flexibility index (Phi) is 8.26. The Bertz CT molecular complexity index is 661. The molecule has 156 valence electrons. The number of ether oxygens (including phenoxy) is 1. The monoisotopic (exact) mass is 406 g/mol. The predicted molar refractivity (Wildman–Crippen MR) is 117 cm³/mol. The second-order valence-corrected chi connectivity index (χ2v) is 9.17. The predicted octanol–water partition coefficient (Wildman–Crippen LogP) is 8.45. The molecule has 28 heavy (non-hydrogen) atoms. The third-order valence-electron chi connectivity index (χ3n) is 6.86. The first-order valence-electron chi connectivity index (χ1n) is 11.4. The van der Waals surface area contributed by atoms with Gasteiger partial charge < -0.3 is 4.74 Å². The van der Waals surface area contributed by atoms with Crippen molar-refractivity contribution < 1.29 is 9.13 Å². The van der Waals surface area contributed by atoms with Gasteiger partial charge in [-0.05, 0) is 68.1 Å². The first-order chi connectivity index (χ1) is 13.6. The first-order valence-corrected chi connectivity index (χ1v) is 11.8. The van der Waals surface area contributed by atoms with Gasteiger partial charge in [0.05, 0.1) is 6.61 Å². The van der Waals surface area contributed by atoms with Crippen molar-refractivity contribution in [3.8, 4) is 5.75 Å². The number of hydrogen-bond acceptors (Lipinski definition) is 1. The third kappa shape index (κ3) is 5.53. The largest absolute Gasteiger partial charge is 0.492 e. The van der Waals surface area contributed by atoms with Crippen LogP contribution in [0, 0.1) is 23.6 Å². The lowest BCUT2D eigenvalue weighted by atomic mass is 9.76. The Morgan fingerprint density at radius 3 is 2.25 bits per heavy atom. The van der Waals surface area contributed by atoms with Crippen LogP contribution in [0.5, 0.6) is 5.75 Å². The average molecular weight is 407 g/mol. The molecule has 0 bridgehead atoms. The van der Waals surface area contributed by atoms with Gasteiger partial charge in [-0.2, -0.15) is 0 Å². The van der Waals surface area contributed by atoms with Crippen LogP contribution in [0.15, 0.2) is 18.2 Å². The fourth-order valence-corrected chi connectivity index (χ4v) is 5.35. The fraction of sp³-hybridized carbons (Fsp3) is 0.680. The quantitative estimate of drug-likeness (QED) is 0.420. The highest BCUT2D eigenvalue weighted by molar-refractivity contribution is 6.32. The molecule has 2 aliphatic carbocycles. The molecule has 3 heteroatoms. The number of hydrogen-bond donors (Lipinski definition) is 0. The molecule has 0 aliphatic heterocycles. The summed E-state index contributed by atoms with van der Waals surface area (Å²) in [6.07, 6.45) is 16.7. The van der Waals surface area contributed by atoms with E-state index in [4.69, 9.17) is 16.3 Å². The van der Waals surface area contributed by atoms with Crippen LogP contribution in [0.2, 0.25) is 5.02 Å². The van der Waals surface area contributed by atoms with E-state index < -0.39 is 0 Å². The minimum absolute atomic E-state index is 0.112. The summed E-state index contributed by atoms with van der Waals surface area (Å²) in [5, 5.41) is 0.112. The number of benzene rings is 1. The van der Waals surface area contributed by atoms with Crippen LogP contribution in [0.25, 0.3) is 5.57 Å². The summed E-state index contributed by atoms with van der Waals surface area (Å²) < 4.78 is 20.1. The lowest BCUT2D eigenvalue weighted by Crippen LogP contribution is -2.16. The number of halogens is 2. The molecule has 1 aromatic rings. The zero-order chi connectivity index (χ0) is 19.9. The Hall–Kier alpha value is -1.02. The van der Waals surface area contributed by atoms with Crippen molar-refractivity contribution in [2.24, 2.45) is 17.8 Å². The standard InChI is InChI=1S/C25H36ClFO/c1-3-5-18-6-8-19(9-7-18)10-11-20-12-14-21(15-13-20)22-16-17-23(28-4-2)24(26)25(22)27/h14,16-20H,3-13,15H2,1-2H3. The molecule has 1 nitrogen and oxygen atoms in total. The summed E-state index contributed by atoms with van der Waals surface area (Å²) in [6, 6.07) is 3.62. The van der Waals surface area contributed by atoms with Gasteiger partial charge in [-0.25, -0.2) is 4.39 Å². The van der Waals surface area contributed by atoms with Crippen LogP contribution >= 0.6 is 11.6 Å². The van der Waals surface area contributed by atoms with Crippen LogP contribution in [0.3, 0.4) is 0 Å². The van der Waals surface area contributed by atoms with Crippen molar-refractivity contribution in [1.82, 2.24) is 0 Å². The minimum Gasteiger partial charge on any atom is -0.492 e. The molecule has 1 atom stereocenters. The summed E-state index contributed by atoms with van der Waals surface area (Å²) >= 11 is 6.16. The molecule has 0 aromatic heterocycles. The van der Waals surface area contributed by atoms with Crippen molar-refractivity contribution in [1.29, 1.82) is 0 Å². The van der Waals surface area contributed by atoms with E-state index in [2.05, 4.69) is 13.0 Å². The lowest BCUT2D eigenvalue weighted by molar-refractivity contribution is 0.237. The van der Waals surface area contributed by atoms with Gasteiger partial charge >= 0.3 is 0 Å². The van der Waals surface area contributed by atoms with Gasteiger partial charge in [0.2, 0.25) is 0 Å². The van der Waals surface area contributed by atoms with Gasteiger partial charge in [0.15, 0.2) is 5.82 Å². The Morgan fingerprint density at radius 2 is 1.64 bits per heavy atom. The second-order valence-electron chi connectivity index (χ2n) is 8.79. The van der Waals surface area contributed by atoms with Crippen molar-refractivity contribution in [2.45, 2.75) is 84.5 Å². The third-order valence-corrected chi connectivity index (χ3v) is 7.21. The van der Waals surface area contributed by atoms with Gasteiger partial charge in [-0.1, -0.05) is 69.5 Å². The van der Waals surface area contributed by atoms with Crippen LogP contribution in [-0.2, 0) is 0 Å². The molecule has 1 aromatic carbocycles. The van der Waals surface area contributed by atoms with E-state index >= 15 is 0 Å². The van der Waals surface area contributed by atoms with Crippen molar-refractivity contribution in [3.63, 3.8) is 0 Å². The molecule has 2 aliphatic rings. The maximum atomic E-state index is 14.7. The molecule has 0 saturated heterocycles. The van der Waals surface area contributed by atoms with Crippen LogP contribution in [-0.4, -0.2) is 6.61 Å². The SMILES string of the molecule is CCCC1CCC(CCC2CC=C(c3ccc(OCC)c(Cl)c3F)CC2)CC1. The Labute approximate surface area is 175 Å². The smallest absolute Gasteiger partial charge is 0.153 e. The number of rotatable bonds is 8. The van der Waals surface area contributed by atoms with Gasteiger partial charge in [0.1, 0.15) is 10.8 Å². The lowest BCUT2D eigenvalue weighted by Gasteiger charge is -2.30. The highest BCUT2D eigenvalue weighted by Crippen LogP contribution is 2.39. The summed E-state index contributed by atoms with van der Waals surface area (Å²) in [6.45, 7) is 4.68. The molecule has 0 amide bonds. The molecule has 0 heterocycles. The van der Waals surface area contributed by atoms with E-state index in [9.17, 15) is 4.39 Å². The van der Waals surface area contributed by atoms with Crippen LogP contribution in [0.1, 0.15) is 90.0 Å². The van der Waals surface area contributed by atoms with Crippen molar-refractivity contribution in [3.05, 3.63) is 34.6 Å². The molecule has 3 rings (SSSR count). The highest BCUT2D eigenvalue weighted by atomic mass is 35.5. The Morgan fingerprint density at radius 1 is 0.964 bits per heavy atom. The van der Waals surface area contributed by atoms with Gasteiger partial charge in [0.25, 0.3) is 0 Å². The Balaban J connectivity index is 1.49. The average Bonchev–Trinajstić information content (AvgIpc) is 2.72. The van der Waals surface area contributed by atoms with Crippen LogP contribution < -0.4 is 4.74 Å². The van der Waals surface area contributed by atoms with E-state index in [0.717, 1.165) is 36.2 Å². The fourth-order valence-electron chi connectivity index (χ4n) is 5.13. The van der Waals surface area contributed by atoms with Gasteiger partial charge in [-0.3, -0.25) is 0 Å². The first kappa shape index (κ1) is 21.7. The molecular formula is C25H36ClFO. The number of allylic oxidation sites excluding steroid dienone is 2. The minimum atomic E-state index is -0.332. The second kappa shape index (κ2) is 10.7. The van der Waals surface area contributed by atoms with Gasteiger partial charge in [-0.15, -0.1) is 0 Å². The molecule has 0 N–H and O–H groups in total. The normalized spacial score (nSPS) is 25.4. The molecule has 0 spiro atoms. The van der Waals surface area contributed by atoms with Crippen molar-refractivity contribution in [2.75, 3.05) is 6.61 Å². The topological polar surface area (TPSA) is 9.23 Å². The highest BCUT2D eigenvalue weighted by Gasteiger charge is 2.23. The van der Waals surface area contributed by atoms with E-state index in [1.54, 1.807) is 6.07 Å². The van der Waals surface area contributed by atoms with E-state index in [1.807, 2.05) is 13.0 Å². The molecule has 0 radical (unpaired) electrons. The van der Waals surface area contributed by atoms with Crippen molar-refractivity contribution >= 4 is 17.2 Å². The van der Waals surface area contributed by atoms with E-state index in [1.165, 1.54) is 57.8 Å². The van der Waals surface area contributed by atoms with Gasteiger partial charge in [0, 0.05) is 5.56 Å². The zero-order valence-electron chi connectivity index (χ0n) is 17.6. The molecule has 1 saturated carbocycles. The zero-order valence-corrected chi connectivity index (χ0v) is 18.4.